The summed E-state index contributed by atoms with van der Waals surface area (Å²) in [5.74, 6) is 1.07. The molecule has 5 aromatic rings. The number of aryl methyl sites for hydroxylation is 2. The van der Waals surface area contributed by atoms with Gasteiger partial charge in [-0.3, -0.25) is 14.0 Å². The van der Waals surface area contributed by atoms with Crippen LogP contribution in [0.4, 0.5) is 5.82 Å². The highest BCUT2D eigenvalue weighted by Gasteiger charge is 2.18. The standard InChI is InChI=1S/C23H19IN6O/c1-13-5-3-7-15-11-16(12-29-17-8-10-26-21(25)19(17)20(24)28-29)30(23(31)18(13)15)22-14(2)6-4-9-27-22/h3-11H,12H2,1-2H3,(H2,25,26). The summed E-state index contributed by atoms with van der Waals surface area (Å²) < 4.78 is 4.34. The van der Waals surface area contributed by atoms with Gasteiger partial charge >= 0.3 is 0 Å². The highest BCUT2D eigenvalue weighted by molar-refractivity contribution is 14.1. The third kappa shape index (κ3) is 3.18. The van der Waals surface area contributed by atoms with Crippen LogP contribution in [0.3, 0.4) is 0 Å². The molecular formula is C23H19IN6O. The van der Waals surface area contributed by atoms with Crippen molar-refractivity contribution in [2.75, 3.05) is 5.73 Å². The quantitative estimate of drug-likeness (QED) is 0.362. The minimum Gasteiger partial charge on any atom is -0.383 e. The van der Waals surface area contributed by atoms with Gasteiger partial charge in [0.15, 0.2) is 0 Å². The molecule has 4 aromatic heterocycles. The Morgan fingerprint density at radius 1 is 1.00 bits per heavy atom. The number of benzene rings is 1. The molecule has 0 radical (unpaired) electrons. The summed E-state index contributed by atoms with van der Waals surface area (Å²) in [5.41, 5.74) is 9.53. The van der Waals surface area contributed by atoms with E-state index < -0.39 is 0 Å². The third-order valence-corrected chi connectivity index (χ3v) is 6.24. The van der Waals surface area contributed by atoms with Crippen LogP contribution < -0.4 is 11.3 Å². The minimum atomic E-state index is -0.0836. The van der Waals surface area contributed by atoms with Crippen molar-refractivity contribution in [2.24, 2.45) is 0 Å². The molecule has 0 aliphatic carbocycles. The smallest absolute Gasteiger partial charge is 0.264 e. The minimum absolute atomic E-state index is 0.0836. The van der Waals surface area contributed by atoms with Crippen LogP contribution in [-0.4, -0.2) is 24.3 Å². The third-order valence-electron chi connectivity index (χ3n) is 5.49. The van der Waals surface area contributed by atoms with E-state index in [9.17, 15) is 4.79 Å². The predicted molar refractivity (Wildman–Crippen MR) is 131 cm³/mol. The topological polar surface area (TPSA) is 91.6 Å². The van der Waals surface area contributed by atoms with E-state index >= 15 is 0 Å². The number of anilines is 1. The molecule has 0 spiro atoms. The number of pyridine rings is 3. The van der Waals surface area contributed by atoms with E-state index in [1.807, 2.05) is 61.0 Å². The highest BCUT2D eigenvalue weighted by Crippen LogP contribution is 2.26. The number of aromatic nitrogens is 5. The fraction of sp³-hybridized carbons (Fsp3) is 0.130. The van der Waals surface area contributed by atoms with E-state index in [1.54, 1.807) is 17.0 Å². The van der Waals surface area contributed by atoms with Crippen molar-refractivity contribution < 1.29 is 0 Å². The summed E-state index contributed by atoms with van der Waals surface area (Å²) in [6, 6.07) is 13.7. The summed E-state index contributed by atoms with van der Waals surface area (Å²) in [5, 5.41) is 7.10. The van der Waals surface area contributed by atoms with E-state index in [2.05, 4.69) is 37.7 Å². The first-order chi connectivity index (χ1) is 15.0. The number of hydrogen-bond acceptors (Lipinski definition) is 5. The van der Waals surface area contributed by atoms with Crippen molar-refractivity contribution in [3.8, 4) is 5.82 Å². The molecule has 0 fully saturated rings. The fourth-order valence-corrected chi connectivity index (χ4v) is 4.84. The zero-order chi connectivity index (χ0) is 21.7. The van der Waals surface area contributed by atoms with Gasteiger partial charge in [-0.05, 0) is 71.2 Å². The second-order valence-corrected chi connectivity index (χ2v) is 8.52. The number of nitrogens with two attached hydrogens (primary N) is 1. The largest absolute Gasteiger partial charge is 0.383 e. The van der Waals surface area contributed by atoms with Gasteiger partial charge in [-0.2, -0.15) is 5.10 Å². The Bertz CT molecular complexity index is 1540. The van der Waals surface area contributed by atoms with Gasteiger partial charge in [0.2, 0.25) is 0 Å². The Morgan fingerprint density at radius 2 is 1.81 bits per heavy atom. The number of hydrogen-bond donors (Lipinski definition) is 1. The van der Waals surface area contributed by atoms with Crippen molar-refractivity contribution in [1.29, 1.82) is 0 Å². The molecule has 0 amide bonds. The van der Waals surface area contributed by atoms with Crippen LogP contribution >= 0.6 is 22.6 Å². The summed E-state index contributed by atoms with van der Waals surface area (Å²) in [6.45, 7) is 4.30. The summed E-state index contributed by atoms with van der Waals surface area (Å²) >= 11 is 2.17. The number of halogens is 1. The Hall–Kier alpha value is -3.27. The highest BCUT2D eigenvalue weighted by atomic mass is 127. The number of nitrogen functional groups attached to an aromatic ring is 1. The van der Waals surface area contributed by atoms with Crippen molar-refractivity contribution in [3.05, 3.63) is 85.7 Å². The number of rotatable bonds is 3. The molecule has 0 aliphatic rings. The second kappa shape index (κ2) is 7.45. The number of nitrogens with zero attached hydrogens (tertiary/aromatic N) is 5. The first-order valence-electron chi connectivity index (χ1n) is 9.78. The van der Waals surface area contributed by atoms with E-state index in [0.29, 0.717) is 23.6 Å². The van der Waals surface area contributed by atoms with Crippen molar-refractivity contribution in [1.82, 2.24) is 24.3 Å². The molecule has 4 heterocycles. The summed E-state index contributed by atoms with van der Waals surface area (Å²) in [4.78, 5) is 22.4. The molecular weight excluding hydrogens is 503 g/mol. The second-order valence-electron chi connectivity index (χ2n) is 7.50. The lowest BCUT2D eigenvalue weighted by Gasteiger charge is -2.17. The normalized spacial score (nSPS) is 11.5. The van der Waals surface area contributed by atoms with Crippen LogP contribution in [0.1, 0.15) is 16.8 Å². The molecule has 154 valence electrons. The maximum Gasteiger partial charge on any atom is 0.264 e. The van der Waals surface area contributed by atoms with E-state index in [1.165, 1.54) is 0 Å². The van der Waals surface area contributed by atoms with Gasteiger partial charge in [0.1, 0.15) is 15.3 Å². The molecule has 0 atom stereocenters. The fourth-order valence-electron chi connectivity index (χ4n) is 4.03. The van der Waals surface area contributed by atoms with Gasteiger partial charge in [0.05, 0.1) is 28.5 Å². The Labute approximate surface area is 191 Å². The molecule has 1 aromatic carbocycles. The van der Waals surface area contributed by atoms with Crippen LogP contribution in [-0.2, 0) is 6.54 Å². The lowest BCUT2D eigenvalue weighted by molar-refractivity contribution is 0.667. The van der Waals surface area contributed by atoms with Crippen LogP contribution in [0.25, 0.3) is 27.5 Å². The van der Waals surface area contributed by atoms with E-state index in [0.717, 1.165) is 36.8 Å². The lowest BCUT2D eigenvalue weighted by Crippen LogP contribution is -2.25. The van der Waals surface area contributed by atoms with Gasteiger partial charge in [-0.15, -0.1) is 0 Å². The number of fused-ring (bicyclic) bond motifs is 2. The average Bonchev–Trinajstić information content (AvgIpc) is 3.05. The molecule has 31 heavy (non-hydrogen) atoms. The van der Waals surface area contributed by atoms with Crippen LogP contribution in [0, 0.1) is 17.5 Å². The Morgan fingerprint density at radius 3 is 2.61 bits per heavy atom. The molecule has 0 unspecified atom stereocenters. The van der Waals surface area contributed by atoms with E-state index in [-0.39, 0.29) is 5.56 Å². The first kappa shape index (κ1) is 19.7. The molecule has 5 rings (SSSR count). The van der Waals surface area contributed by atoms with Crippen molar-refractivity contribution in [2.45, 2.75) is 20.4 Å². The maximum atomic E-state index is 13.7. The van der Waals surface area contributed by atoms with Crippen molar-refractivity contribution in [3.63, 3.8) is 0 Å². The van der Waals surface area contributed by atoms with Gasteiger partial charge < -0.3 is 5.73 Å². The first-order valence-corrected chi connectivity index (χ1v) is 10.9. The summed E-state index contributed by atoms with van der Waals surface area (Å²) in [6.07, 6.45) is 3.38. The molecule has 0 bridgehead atoms. The molecule has 7 nitrogen and oxygen atoms in total. The summed E-state index contributed by atoms with van der Waals surface area (Å²) in [7, 11) is 0. The Balaban J connectivity index is 1.82. The van der Waals surface area contributed by atoms with Crippen LogP contribution in [0.2, 0.25) is 0 Å². The average molecular weight is 522 g/mol. The zero-order valence-corrected chi connectivity index (χ0v) is 19.2. The van der Waals surface area contributed by atoms with Crippen molar-refractivity contribution >= 4 is 50.1 Å². The molecule has 8 heteroatoms. The molecule has 0 saturated heterocycles. The van der Waals surface area contributed by atoms with Gasteiger partial charge in [0.25, 0.3) is 5.56 Å². The maximum absolute atomic E-state index is 13.7. The van der Waals surface area contributed by atoms with Gasteiger partial charge in [-0.25, -0.2) is 9.97 Å². The monoisotopic (exact) mass is 522 g/mol. The molecule has 0 aliphatic heterocycles. The van der Waals surface area contributed by atoms with E-state index in [4.69, 9.17) is 5.73 Å². The van der Waals surface area contributed by atoms with Gasteiger partial charge in [-0.1, -0.05) is 24.3 Å². The van der Waals surface area contributed by atoms with Crippen LogP contribution in [0.15, 0.2) is 59.7 Å². The van der Waals surface area contributed by atoms with Gasteiger partial charge in [0, 0.05) is 12.4 Å². The molecule has 0 saturated carbocycles. The Kier molecular flexibility index (Phi) is 4.73. The SMILES string of the molecule is Cc1cccnc1-n1c(Cn2nc(I)c3c(N)nccc32)cc2cccc(C)c2c1=O. The van der Waals surface area contributed by atoms with Crippen LogP contribution in [0.5, 0.6) is 0 Å². The predicted octanol–water partition coefficient (Wildman–Crippen LogP) is 3.98. The zero-order valence-electron chi connectivity index (χ0n) is 17.0. The lowest BCUT2D eigenvalue weighted by atomic mass is 10.1. The molecule has 2 N–H and O–H groups in total.